The smallest absolute Gasteiger partial charge is 0.296 e. The van der Waals surface area contributed by atoms with Gasteiger partial charge in [-0.05, 0) is 48.9 Å². The Bertz CT molecular complexity index is 1300. The number of nitrogens with zero attached hydrogens (tertiary/aromatic N) is 3. The molecule has 1 aromatic heterocycles. The molecule has 38 heavy (non-hydrogen) atoms. The van der Waals surface area contributed by atoms with Gasteiger partial charge in [0.25, 0.3) is 5.92 Å². The van der Waals surface area contributed by atoms with Crippen molar-refractivity contribution in [3.63, 3.8) is 0 Å². The maximum absolute atomic E-state index is 14.5. The molecule has 1 saturated heterocycles. The van der Waals surface area contributed by atoms with Gasteiger partial charge in [0.1, 0.15) is 24.8 Å². The molecule has 4 rings (SSSR count). The highest BCUT2D eigenvalue weighted by Crippen LogP contribution is 2.39. The molecule has 3 aromatic rings. The first-order valence-electron chi connectivity index (χ1n) is 12.7. The Balaban J connectivity index is 1.70. The molecule has 0 aliphatic carbocycles. The van der Waals surface area contributed by atoms with E-state index in [1.165, 1.54) is 19.2 Å². The SMILES string of the molecule is COCC(F)(F)c1cccc([C@@H](C)Nc2nc(CO)nc3cc(OC)c(C4CCN(C(C)=O)CC4)cc23)c1. The summed E-state index contributed by atoms with van der Waals surface area (Å²) < 4.78 is 39.3. The number of methoxy groups -OCH3 is 2. The molecule has 10 heteroatoms. The van der Waals surface area contributed by atoms with Crippen molar-refractivity contribution in [1.29, 1.82) is 0 Å². The van der Waals surface area contributed by atoms with Gasteiger partial charge >= 0.3 is 0 Å². The molecular formula is C28H34F2N4O4. The summed E-state index contributed by atoms with van der Waals surface area (Å²) in [7, 11) is 2.86. The van der Waals surface area contributed by atoms with Crippen LogP contribution in [0, 0.1) is 0 Å². The number of rotatable bonds is 9. The van der Waals surface area contributed by atoms with Crippen LogP contribution in [0.2, 0.25) is 0 Å². The predicted molar refractivity (Wildman–Crippen MR) is 140 cm³/mol. The summed E-state index contributed by atoms with van der Waals surface area (Å²) in [6, 6.07) is 9.69. The minimum Gasteiger partial charge on any atom is -0.496 e. The molecule has 204 valence electrons. The van der Waals surface area contributed by atoms with Crippen molar-refractivity contribution in [1.82, 2.24) is 14.9 Å². The van der Waals surface area contributed by atoms with Crippen molar-refractivity contribution in [3.8, 4) is 5.75 Å². The van der Waals surface area contributed by atoms with E-state index in [0.717, 1.165) is 23.8 Å². The van der Waals surface area contributed by atoms with Crippen molar-refractivity contribution in [3.05, 3.63) is 58.9 Å². The average Bonchev–Trinajstić information content (AvgIpc) is 2.92. The second-order valence-electron chi connectivity index (χ2n) is 9.67. The van der Waals surface area contributed by atoms with Crippen LogP contribution in [0.25, 0.3) is 10.9 Å². The number of hydrogen-bond donors (Lipinski definition) is 2. The number of aliphatic hydroxyl groups is 1. The maximum Gasteiger partial charge on any atom is 0.296 e. The molecule has 2 N–H and O–H groups in total. The summed E-state index contributed by atoms with van der Waals surface area (Å²) in [5.41, 5.74) is 2.13. The van der Waals surface area contributed by atoms with E-state index in [1.54, 1.807) is 26.2 Å². The van der Waals surface area contributed by atoms with Crippen molar-refractivity contribution in [2.75, 3.05) is 39.2 Å². The number of ether oxygens (including phenoxy) is 2. The van der Waals surface area contributed by atoms with Crippen molar-refractivity contribution >= 4 is 22.6 Å². The first kappa shape index (κ1) is 27.7. The molecule has 0 unspecified atom stereocenters. The Labute approximate surface area is 221 Å². The summed E-state index contributed by atoms with van der Waals surface area (Å²) in [6.07, 6.45) is 1.61. The summed E-state index contributed by atoms with van der Waals surface area (Å²) >= 11 is 0. The fraction of sp³-hybridized carbons (Fsp3) is 0.464. The number of anilines is 1. The predicted octanol–water partition coefficient (Wildman–Crippen LogP) is 4.77. The maximum atomic E-state index is 14.5. The fourth-order valence-corrected chi connectivity index (χ4v) is 4.99. The van der Waals surface area contributed by atoms with Crippen LogP contribution in [0.5, 0.6) is 5.75 Å². The largest absolute Gasteiger partial charge is 0.496 e. The number of nitrogens with one attached hydrogen (secondary N) is 1. The number of fused-ring (bicyclic) bond motifs is 1. The van der Waals surface area contributed by atoms with Gasteiger partial charge in [0.2, 0.25) is 5.91 Å². The first-order chi connectivity index (χ1) is 18.2. The van der Waals surface area contributed by atoms with Crippen molar-refractivity contribution in [2.24, 2.45) is 0 Å². The van der Waals surface area contributed by atoms with E-state index in [0.29, 0.717) is 35.7 Å². The molecule has 0 saturated carbocycles. The van der Waals surface area contributed by atoms with Crippen LogP contribution >= 0.6 is 0 Å². The third kappa shape index (κ3) is 5.86. The Hall–Kier alpha value is -3.37. The number of piperidine rings is 1. The summed E-state index contributed by atoms with van der Waals surface area (Å²) in [6.45, 7) is 3.74. The molecule has 1 atom stereocenters. The number of aliphatic hydroxyl groups excluding tert-OH is 1. The Morgan fingerprint density at radius 2 is 1.95 bits per heavy atom. The summed E-state index contributed by atoms with van der Waals surface area (Å²) in [5, 5.41) is 13.9. The Morgan fingerprint density at radius 3 is 2.58 bits per heavy atom. The monoisotopic (exact) mass is 528 g/mol. The molecule has 8 nitrogen and oxygen atoms in total. The summed E-state index contributed by atoms with van der Waals surface area (Å²) in [5.74, 6) is -1.44. The number of carbonyl (C=O) groups excluding carboxylic acids is 1. The lowest BCUT2D eigenvalue weighted by Crippen LogP contribution is -2.36. The van der Waals surface area contributed by atoms with E-state index in [2.05, 4.69) is 15.3 Å². The second kappa shape index (κ2) is 11.6. The lowest BCUT2D eigenvalue weighted by atomic mass is 9.88. The number of aromatic nitrogens is 2. The quantitative estimate of drug-likeness (QED) is 0.413. The average molecular weight is 529 g/mol. The third-order valence-corrected chi connectivity index (χ3v) is 7.10. The van der Waals surface area contributed by atoms with E-state index >= 15 is 0 Å². The van der Waals surface area contributed by atoms with Gasteiger partial charge in [0.05, 0.1) is 12.6 Å². The zero-order valence-electron chi connectivity index (χ0n) is 22.1. The molecule has 1 aliphatic rings. The zero-order chi connectivity index (χ0) is 27.4. The molecule has 1 fully saturated rings. The molecule has 1 aliphatic heterocycles. The molecule has 2 heterocycles. The van der Waals surface area contributed by atoms with Gasteiger partial charge in [-0.15, -0.1) is 0 Å². The lowest BCUT2D eigenvalue weighted by molar-refractivity contribution is -0.129. The number of alkyl halides is 2. The van der Waals surface area contributed by atoms with Crippen LogP contribution in [0.4, 0.5) is 14.6 Å². The van der Waals surface area contributed by atoms with Gasteiger partial charge in [-0.1, -0.05) is 18.2 Å². The van der Waals surface area contributed by atoms with Crippen LogP contribution in [0.15, 0.2) is 36.4 Å². The highest BCUT2D eigenvalue weighted by molar-refractivity contribution is 5.91. The van der Waals surface area contributed by atoms with E-state index in [-0.39, 0.29) is 35.9 Å². The van der Waals surface area contributed by atoms with Gasteiger partial charge in [0.15, 0.2) is 5.82 Å². The van der Waals surface area contributed by atoms with E-state index < -0.39 is 12.5 Å². The van der Waals surface area contributed by atoms with Crippen LogP contribution < -0.4 is 10.1 Å². The first-order valence-corrected chi connectivity index (χ1v) is 12.7. The summed E-state index contributed by atoms with van der Waals surface area (Å²) in [4.78, 5) is 22.6. The standard InChI is InChI=1S/C28H34F2N4O4/c1-17(20-6-5-7-21(12-20)28(29,30)16-37-3)31-27-23-13-22(19-8-10-34(11-9-19)18(2)36)25(38-4)14-24(23)32-26(15-35)33-27/h5-7,12-14,17,19,35H,8-11,15-16H2,1-4H3,(H,31,32,33)/t17-/m1/s1. The van der Waals surface area contributed by atoms with Gasteiger partial charge < -0.3 is 24.8 Å². The van der Waals surface area contributed by atoms with Crippen LogP contribution in [-0.4, -0.2) is 59.8 Å². The fourth-order valence-electron chi connectivity index (χ4n) is 4.99. The lowest BCUT2D eigenvalue weighted by Gasteiger charge is -2.32. The van der Waals surface area contributed by atoms with Gasteiger partial charge in [-0.2, -0.15) is 8.78 Å². The minimum absolute atomic E-state index is 0.0726. The van der Waals surface area contributed by atoms with E-state index in [9.17, 15) is 18.7 Å². The molecule has 1 amide bonds. The van der Waals surface area contributed by atoms with Gasteiger partial charge in [-0.3, -0.25) is 4.79 Å². The van der Waals surface area contributed by atoms with Gasteiger partial charge in [0, 0.05) is 50.2 Å². The normalized spacial score (nSPS) is 15.5. The number of hydrogen-bond acceptors (Lipinski definition) is 7. The molecule has 0 spiro atoms. The third-order valence-electron chi connectivity index (χ3n) is 7.10. The molecule has 2 aromatic carbocycles. The Morgan fingerprint density at radius 1 is 1.21 bits per heavy atom. The van der Waals surface area contributed by atoms with Crippen molar-refractivity contribution in [2.45, 2.75) is 51.2 Å². The number of halogens is 2. The number of benzene rings is 2. The van der Waals surface area contributed by atoms with Crippen LogP contribution in [0.1, 0.15) is 61.2 Å². The van der Waals surface area contributed by atoms with Crippen LogP contribution in [-0.2, 0) is 22.1 Å². The number of amides is 1. The minimum atomic E-state index is -3.11. The molecule has 0 bridgehead atoms. The van der Waals surface area contributed by atoms with Gasteiger partial charge in [-0.25, -0.2) is 9.97 Å². The Kier molecular flexibility index (Phi) is 8.42. The number of likely N-dealkylation sites (tertiary alicyclic amines) is 1. The number of carbonyl (C=O) groups is 1. The zero-order valence-corrected chi connectivity index (χ0v) is 22.1. The van der Waals surface area contributed by atoms with Crippen molar-refractivity contribution < 1.29 is 28.2 Å². The van der Waals surface area contributed by atoms with Crippen LogP contribution in [0.3, 0.4) is 0 Å². The molecular weight excluding hydrogens is 494 g/mol. The highest BCUT2D eigenvalue weighted by atomic mass is 19.3. The van der Waals surface area contributed by atoms with E-state index in [1.807, 2.05) is 24.0 Å². The highest BCUT2D eigenvalue weighted by Gasteiger charge is 2.32. The van der Waals surface area contributed by atoms with E-state index in [4.69, 9.17) is 9.47 Å². The second-order valence-corrected chi connectivity index (χ2v) is 9.67. The topological polar surface area (TPSA) is 96.8 Å². The molecule has 0 radical (unpaired) electrons.